The summed E-state index contributed by atoms with van der Waals surface area (Å²) < 4.78 is 1.36. The molecular formula is C17H16ClN3O3. The fourth-order valence-electron chi connectivity index (χ4n) is 2.76. The summed E-state index contributed by atoms with van der Waals surface area (Å²) in [6.45, 7) is 1.75. The van der Waals surface area contributed by atoms with Gasteiger partial charge >= 0.3 is 5.97 Å². The van der Waals surface area contributed by atoms with Crippen LogP contribution in [0.25, 0.3) is 0 Å². The van der Waals surface area contributed by atoms with E-state index in [4.69, 9.17) is 11.6 Å². The minimum Gasteiger partial charge on any atom is -0.493 e. The van der Waals surface area contributed by atoms with Gasteiger partial charge in [0, 0.05) is 35.2 Å². The van der Waals surface area contributed by atoms with Gasteiger partial charge in [0.2, 0.25) is 5.88 Å². The number of aliphatic carboxylic acids is 1. The van der Waals surface area contributed by atoms with E-state index in [1.165, 1.54) is 17.0 Å². The van der Waals surface area contributed by atoms with Gasteiger partial charge in [-0.25, -0.2) is 9.48 Å². The van der Waals surface area contributed by atoms with Gasteiger partial charge in [-0.2, -0.15) is 5.10 Å². The summed E-state index contributed by atoms with van der Waals surface area (Å²) in [4.78, 5) is 15.5. The SMILES string of the molecule is CC1C(C(=O)O)=CC=NC1n1nc(Cc2cccc(Cl)c2)cc1O. The second-order valence-electron chi connectivity index (χ2n) is 5.67. The molecule has 2 unspecified atom stereocenters. The molecule has 7 heteroatoms. The highest BCUT2D eigenvalue weighted by Gasteiger charge is 2.30. The largest absolute Gasteiger partial charge is 0.493 e. The first kappa shape index (κ1) is 16.3. The van der Waals surface area contributed by atoms with E-state index in [1.54, 1.807) is 19.1 Å². The van der Waals surface area contributed by atoms with E-state index in [0.717, 1.165) is 5.56 Å². The van der Waals surface area contributed by atoms with E-state index in [9.17, 15) is 15.0 Å². The molecule has 6 nitrogen and oxygen atoms in total. The number of nitrogens with zero attached hydrogens (tertiary/aromatic N) is 3. The third kappa shape index (κ3) is 3.19. The Kier molecular flexibility index (Phi) is 4.40. The Morgan fingerprint density at radius 2 is 2.17 bits per heavy atom. The fourth-order valence-corrected chi connectivity index (χ4v) is 2.98. The molecule has 0 bridgehead atoms. The van der Waals surface area contributed by atoms with Crippen LogP contribution in [-0.4, -0.2) is 32.2 Å². The summed E-state index contributed by atoms with van der Waals surface area (Å²) >= 11 is 5.98. The molecule has 1 aliphatic heterocycles. The minimum absolute atomic E-state index is 0.0485. The first-order valence-corrected chi connectivity index (χ1v) is 7.82. The smallest absolute Gasteiger partial charge is 0.332 e. The third-order valence-electron chi connectivity index (χ3n) is 3.97. The molecule has 124 valence electrons. The molecular weight excluding hydrogens is 330 g/mol. The number of hydrogen-bond donors (Lipinski definition) is 2. The monoisotopic (exact) mass is 345 g/mol. The van der Waals surface area contributed by atoms with Crippen LogP contribution in [0.4, 0.5) is 0 Å². The van der Waals surface area contributed by atoms with Crippen molar-refractivity contribution in [3.8, 4) is 5.88 Å². The number of aliphatic imine (C=N–C) groups is 1. The topological polar surface area (TPSA) is 87.7 Å². The molecule has 0 spiro atoms. The average Bonchev–Trinajstić information content (AvgIpc) is 2.87. The van der Waals surface area contributed by atoms with Crippen molar-refractivity contribution < 1.29 is 15.0 Å². The van der Waals surface area contributed by atoms with Gasteiger partial charge in [-0.05, 0) is 23.8 Å². The normalized spacial score (nSPS) is 20.0. The number of halogens is 1. The highest BCUT2D eigenvalue weighted by atomic mass is 35.5. The summed E-state index contributed by atoms with van der Waals surface area (Å²) in [6, 6.07) is 8.96. The molecule has 0 saturated carbocycles. The van der Waals surface area contributed by atoms with Crippen molar-refractivity contribution in [3.63, 3.8) is 0 Å². The Hall–Kier alpha value is -2.60. The number of hydrogen-bond acceptors (Lipinski definition) is 4. The molecule has 1 aromatic heterocycles. The van der Waals surface area contributed by atoms with Crippen LogP contribution in [0.2, 0.25) is 5.02 Å². The predicted octanol–water partition coefficient (Wildman–Crippen LogP) is 3.06. The van der Waals surface area contributed by atoms with Gasteiger partial charge in [0.25, 0.3) is 0 Å². The second kappa shape index (κ2) is 6.49. The number of aromatic hydroxyl groups is 1. The molecule has 1 aliphatic rings. The zero-order chi connectivity index (χ0) is 17.3. The Morgan fingerprint density at radius 1 is 1.38 bits per heavy atom. The van der Waals surface area contributed by atoms with E-state index in [1.807, 2.05) is 18.2 Å². The first-order valence-electron chi connectivity index (χ1n) is 7.44. The van der Waals surface area contributed by atoms with E-state index < -0.39 is 18.1 Å². The van der Waals surface area contributed by atoms with E-state index >= 15 is 0 Å². The summed E-state index contributed by atoms with van der Waals surface area (Å²) in [5, 5.41) is 24.5. The maximum atomic E-state index is 11.3. The van der Waals surface area contributed by atoms with Gasteiger partial charge in [-0.15, -0.1) is 0 Å². The van der Waals surface area contributed by atoms with Gasteiger partial charge in [0.05, 0.1) is 5.69 Å². The lowest BCUT2D eigenvalue weighted by molar-refractivity contribution is -0.133. The number of dihydropyridines is 1. The number of aromatic nitrogens is 2. The van der Waals surface area contributed by atoms with E-state index in [-0.39, 0.29) is 11.5 Å². The molecule has 24 heavy (non-hydrogen) atoms. The quantitative estimate of drug-likeness (QED) is 0.891. The maximum Gasteiger partial charge on any atom is 0.332 e. The van der Waals surface area contributed by atoms with E-state index in [2.05, 4.69) is 10.1 Å². The second-order valence-corrected chi connectivity index (χ2v) is 6.11. The van der Waals surface area contributed by atoms with Crippen molar-refractivity contribution in [2.24, 2.45) is 10.9 Å². The van der Waals surface area contributed by atoms with Crippen molar-refractivity contribution in [2.45, 2.75) is 19.5 Å². The number of carbonyl (C=O) groups is 1. The van der Waals surface area contributed by atoms with Crippen LogP contribution in [0.15, 0.2) is 47.0 Å². The third-order valence-corrected chi connectivity index (χ3v) is 4.20. The molecule has 0 fully saturated rings. The molecule has 3 rings (SSSR count). The molecule has 0 saturated heterocycles. The zero-order valence-electron chi connectivity index (χ0n) is 12.9. The van der Waals surface area contributed by atoms with Crippen LogP contribution in [0.1, 0.15) is 24.3 Å². The van der Waals surface area contributed by atoms with Gasteiger partial charge in [-0.3, -0.25) is 4.99 Å². The van der Waals surface area contributed by atoms with Crippen LogP contribution in [0.5, 0.6) is 5.88 Å². The van der Waals surface area contributed by atoms with Crippen molar-refractivity contribution in [2.75, 3.05) is 0 Å². The molecule has 2 heterocycles. The maximum absolute atomic E-state index is 11.3. The Morgan fingerprint density at radius 3 is 2.88 bits per heavy atom. The van der Waals surface area contributed by atoms with Crippen LogP contribution < -0.4 is 0 Å². The number of benzene rings is 1. The van der Waals surface area contributed by atoms with Crippen LogP contribution in [0.3, 0.4) is 0 Å². The molecule has 0 aliphatic carbocycles. The van der Waals surface area contributed by atoms with Crippen molar-refractivity contribution >= 4 is 23.8 Å². The summed E-state index contributed by atoms with van der Waals surface area (Å²) in [6.07, 6.45) is 2.82. The van der Waals surface area contributed by atoms with Crippen LogP contribution in [0, 0.1) is 5.92 Å². The average molecular weight is 346 g/mol. The van der Waals surface area contributed by atoms with Gasteiger partial charge < -0.3 is 10.2 Å². The summed E-state index contributed by atoms with van der Waals surface area (Å²) in [5.41, 5.74) is 1.86. The molecule has 0 radical (unpaired) electrons. The van der Waals surface area contributed by atoms with E-state index in [0.29, 0.717) is 17.1 Å². The Balaban J connectivity index is 1.86. The lowest BCUT2D eigenvalue weighted by Gasteiger charge is -2.24. The minimum atomic E-state index is -0.996. The van der Waals surface area contributed by atoms with Crippen LogP contribution in [-0.2, 0) is 11.2 Å². The number of carboxylic acids is 1. The van der Waals surface area contributed by atoms with Gasteiger partial charge in [0.15, 0.2) is 6.17 Å². The van der Waals surface area contributed by atoms with Gasteiger partial charge in [-0.1, -0.05) is 30.7 Å². The molecule has 2 atom stereocenters. The number of rotatable bonds is 4. The molecule has 0 amide bonds. The van der Waals surface area contributed by atoms with Crippen LogP contribution >= 0.6 is 11.6 Å². The Labute approximate surface area is 143 Å². The zero-order valence-corrected chi connectivity index (χ0v) is 13.7. The Bertz CT molecular complexity index is 841. The summed E-state index contributed by atoms with van der Waals surface area (Å²) in [5.74, 6) is -1.45. The number of allylic oxidation sites excluding steroid dienone is 1. The standard InChI is InChI=1S/C17H16ClN3O3/c1-10-14(17(23)24)5-6-19-16(10)21-15(22)9-13(20-21)8-11-3-2-4-12(18)7-11/h2-7,9-10,16,22H,8H2,1H3,(H,23,24). The fraction of sp³-hybridized carbons (Fsp3) is 0.235. The lowest BCUT2D eigenvalue weighted by atomic mass is 9.96. The molecule has 2 aromatic rings. The van der Waals surface area contributed by atoms with Crippen molar-refractivity contribution in [1.82, 2.24) is 9.78 Å². The molecule has 2 N–H and O–H groups in total. The lowest BCUT2D eigenvalue weighted by Crippen LogP contribution is -2.24. The molecule has 1 aromatic carbocycles. The highest BCUT2D eigenvalue weighted by molar-refractivity contribution is 6.30. The van der Waals surface area contributed by atoms with Crippen molar-refractivity contribution in [1.29, 1.82) is 0 Å². The highest BCUT2D eigenvalue weighted by Crippen LogP contribution is 2.32. The summed E-state index contributed by atoms with van der Waals surface area (Å²) in [7, 11) is 0. The van der Waals surface area contributed by atoms with Gasteiger partial charge in [0.1, 0.15) is 0 Å². The first-order chi connectivity index (χ1) is 11.5. The van der Waals surface area contributed by atoms with Crippen molar-refractivity contribution in [3.05, 3.63) is 58.3 Å². The number of carboxylic acid groups (broad SMARTS) is 1. The predicted molar refractivity (Wildman–Crippen MR) is 90.6 cm³/mol.